The minimum atomic E-state index is -0.709. The molecule has 0 fully saturated rings. The molecule has 3 rings (SSSR count). The van der Waals surface area contributed by atoms with Gasteiger partial charge in [0.1, 0.15) is 6.10 Å². The second-order valence-electron chi connectivity index (χ2n) is 5.45. The number of hydrogen-bond donors (Lipinski definition) is 1. The largest absolute Gasteiger partial charge is 0.386 e. The monoisotopic (exact) mass is 283 g/mol. The van der Waals surface area contributed by atoms with Gasteiger partial charge >= 0.3 is 0 Å². The summed E-state index contributed by atoms with van der Waals surface area (Å²) in [4.78, 5) is 2.17. The Hall–Kier alpha value is -1.63. The number of thiophene rings is 1. The lowest BCUT2D eigenvalue weighted by Gasteiger charge is -2.26. The molecular formula is C17H17NOS. The molecule has 0 saturated heterocycles. The lowest BCUT2D eigenvalue weighted by molar-refractivity contribution is 0.0725. The average molecular weight is 283 g/mol. The summed E-state index contributed by atoms with van der Waals surface area (Å²) in [6, 6.07) is 14.6. The molecule has 1 heterocycles. The predicted octanol–water partition coefficient (Wildman–Crippen LogP) is 3.65. The van der Waals surface area contributed by atoms with Crippen LogP contribution in [0.15, 0.2) is 36.4 Å². The summed E-state index contributed by atoms with van der Waals surface area (Å²) in [5.41, 5.74) is 1.68. The van der Waals surface area contributed by atoms with Crippen molar-refractivity contribution in [3.8, 4) is 6.07 Å². The topological polar surface area (TPSA) is 44.0 Å². The molecule has 3 heteroatoms. The molecular weight excluding hydrogens is 266 g/mol. The third-order valence-corrected chi connectivity index (χ3v) is 5.46. The van der Waals surface area contributed by atoms with E-state index < -0.39 is 11.5 Å². The highest BCUT2D eigenvalue weighted by atomic mass is 32.1. The van der Waals surface area contributed by atoms with Crippen molar-refractivity contribution in [1.82, 2.24) is 0 Å². The molecule has 1 aromatic heterocycles. The fraction of sp³-hybridized carbons (Fsp3) is 0.353. The van der Waals surface area contributed by atoms with E-state index in [1.165, 1.54) is 16.0 Å². The average Bonchev–Trinajstić information content (AvgIpc) is 3.11. The standard InChI is InChI=1S/C17H17NOS/c1-2-14-7-8-15(20-14)16(19)17(11-18)9-12-5-3-4-6-13(12)10-17/h3-8,16,19H,2,9-10H2,1H3. The zero-order valence-electron chi connectivity index (χ0n) is 11.5. The molecule has 1 atom stereocenters. The fourth-order valence-corrected chi connectivity index (χ4v) is 4.04. The number of aryl methyl sites for hydroxylation is 1. The maximum absolute atomic E-state index is 10.7. The van der Waals surface area contributed by atoms with Crippen molar-refractivity contribution < 1.29 is 5.11 Å². The first kappa shape index (κ1) is 13.4. The molecule has 0 amide bonds. The third kappa shape index (κ3) is 2.06. The summed E-state index contributed by atoms with van der Waals surface area (Å²) in [7, 11) is 0. The number of nitriles is 1. The van der Waals surface area contributed by atoms with Crippen LogP contribution in [0.5, 0.6) is 0 Å². The first-order valence-electron chi connectivity index (χ1n) is 6.93. The van der Waals surface area contributed by atoms with Gasteiger partial charge in [-0.3, -0.25) is 0 Å². The van der Waals surface area contributed by atoms with Crippen molar-refractivity contribution in [3.63, 3.8) is 0 Å². The van der Waals surface area contributed by atoms with E-state index in [1.807, 2.05) is 18.2 Å². The lowest BCUT2D eigenvalue weighted by atomic mass is 9.80. The van der Waals surface area contributed by atoms with Crippen molar-refractivity contribution in [3.05, 3.63) is 57.3 Å². The van der Waals surface area contributed by atoms with Crippen LogP contribution in [-0.2, 0) is 19.3 Å². The highest BCUT2D eigenvalue weighted by molar-refractivity contribution is 7.12. The van der Waals surface area contributed by atoms with Crippen LogP contribution in [0.1, 0.15) is 33.9 Å². The van der Waals surface area contributed by atoms with Crippen LogP contribution in [-0.4, -0.2) is 5.11 Å². The molecule has 20 heavy (non-hydrogen) atoms. The fourth-order valence-electron chi connectivity index (χ4n) is 2.98. The second-order valence-corrected chi connectivity index (χ2v) is 6.65. The van der Waals surface area contributed by atoms with Crippen molar-refractivity contribution in [1.29, 1.82) is 5.26 Å². The van der Waals surface area contributed by atoms with E-state index in [-0.39, 0.29) is 0 Å². The number of rotatable bonds is 3. The number of aliphatic hydroxyl groups is 1. The summed E-state index contributed by atoms with van der Waals surface area (Å²) in [5, 5.41) is 20.4. The summed E-state index contributed by atoms with van der Waals surface area (Å²) < 4.78 is 0. The van der Waals surface area contributed by atoms with Crippen molar-refractivity contribution in [2.24, 2.45) is 5.41 Å². The summed E-state index contributed by atoms with van der Waals surface area (Å²) in [5.74, 6) is 0. The van der Waals surface area contributed by atoms with E-state index in [1.54, 1.807) is 11.3 Å². The summed E-state index contributed by atoms with van der Waals surface area (Å²) in [6.07, 6.45) is 1.54. The molecule has 0 saturated carbocycles. The first-order valence-corrected chi connectivity index (χ1v) is 7.75. The first-order chi connectivity index (χ1) is 9.68. The van der Waals surface area contributed by atoms with E-state index in [9.17, 15) is 10.4 Å². The van der Waals surface area contributed by atoms with Crippen LogP contribution < -0.4 is 0 Å². The number of hydrogen-bond acceptors (Lipinski definition) is 3. The van der Waals surface area contributed by atoms with Gasteiger partial charge in [-0.05, 0) is 42.5 Å². The zero-order valence-corrected chi connectivity index (χ0v) is 12.3. The minimum Gasteiger partial charge on any atom is -0.386 e. The molecule has 1 N–H and O–H groups in total. The molecule has 0 radical (unpaired) electrons. The van der Waals surface area contributed by atoms with E-state index in [0.29, 0.717) is 12.8 Å². The van der Waals surface area contributed by atoms with Gasteiger partial charge in [-0.25, -0.2) is 0 Å². The maximum Gasteiger partial charge on any atom is 0.107 e. The van der Waals surface area contributed by atoms with Crippen LogP contribution in [0.25, 0.3) is 0 Å². The van der Waals surface area contributed by atoms with Gasteiger partial charge in [0.15, 0.2) is 0 Å². The molecule has 1 unspecified atom stereocenters. The van der Waals surface area contributed by atoms with Crippen LogP contribution in [0.2, 0.25) is 0 Å². The molecule has 2 aromatic rings. The van der Waals surface area contributed by atoms with Gasteiger partial charge in [0.2, 0.25) is 0 Å². The van der Waals surface area contributed by atoms with Gasteiger partial charge in [-0.1, -0.05) is 31.2 Å². The van der Waals surface area contributed by atoms with E-state index in [0.717, 1.165) is 11.3 Å². The normalized spacial score (nSPS) is 17.4. The Morgan fingerprint density at radius 3 is 2.40 bits per heavy atom. The van der Waals surface area contributed by atoms with Crippen LogP contribution in [0.3, 0.4) is 0 Å². The highest BCUT2D eigenvalue weighted by Crippen LogP contribution is 2.46. The second kappa shape index (κ2) is 5.05. The quantitative estimate of drug-likeness (QED) is 0.934. The highest BCUT2D eigenvalue weighted by Gasteiger charge is 2.44. The molecule has 1 aliphatic carbocycles. The van der Waals surface area contributed by atoms with Gasteiger partial charge in [-0.15, -0.1) is 11.3 Å². The van der Waals surface area contributed by atoms with E-state index in [4.69, 9.17) is 0 Å². The van der Waals surface area contributed by atoms with Crippen LogP contribution in [0, 0.1) is 16.7 Å². The molecule has 102 valence electrons. The van der Waals surface area contributed by atoms with Crippen molar-refractivity contribution in [2.75, 3.05) is 0 Å². The van der Waals surface area contributed by atoms with Gasteiger partial charge in [-0.2, -0.15) is 5.26 Å². The molecule has 1 aromatic carbocycles. The van der Waals surface area contributed by atoms with Crippen LogP contribution >= 0.6 is 11.3 Å². The minimum absolute atomic E-state index is 0.639. The number of nitrogens with zero attached hydrogens (tertiary/aromatic N) is 1. The van der Waals surface area contributed by atoms with E-state index in [2.05, 4.69) is 31.2 Å². The molecule has 1 aliphatic rings. The Morgan fingerprint density at radius 2 is 1.90 bits per heavy atom. The Bertz CT molecular complexity index is 643. The van der Waals surface area contributed by atoms with Crippen molar-refractivity contribution >= 4 is 11.3 Å². The molecule has 0 bridgehead atoms. The van der Waals surface area contributed by atoms with Crippen LogP contribution in [0.4, 0.5) is 0 Å². The lowest BCUT2D eigenvalue weighted by Crippen LogP contribution is -2.27. The number of fused-ring (bicyclic) bond motifs is 1. The smallest absolute Gasteiger partial charge is 0.107 e. The Labute approximate surface area is 123 Å². The summed E-state index contributed by atoms with van der Waals surface area (Å²) in [6.45, 7) is 2.10. The Kier molecular flexibility index (Phi) is 3.37. The Balaban J connectivity index is 1.94. The molecule has 0 aliphatic heterocycles. The molecule has 2 nitrogen and oxygen atoms in total. The number of benzene rings is 1. The molecule has 0 spiro atoms. The SMILES string of the molecule is CCc1ccc(C(O)C2(C#N)Cc3ccccc3C2)s1. The zero-order chi connectivity index (χ0) is 14.2. The number of aliphatic hydroxyl groups excluding tert-OH is 1. The van der Waals surface area contributed by atoms with Gasteiger partial charge in [0, 0.05) is 9.75 Å². The van der Waals surface area contributed by atoms with Gasteiger partial charge < -0.3 is 5.11 Å². The maximum atomic E-state index is 10.7. The Morgan fingerprint density at radius 1 is 1.25 bits per heavy atom. The third-order valence-electron chi connectivity index (χ3n) is 4.18. The van der Waals surface area contributed by atoms with Gasteiger partial charge in [0.05, 0.1) is 11.5 Å². The van der Waals surface area contributed by atoms with E-state index >= 15 is 0 Å². The summed E-state index contributed by atoms with van der Waals surface area (Å²) >= 11 is 1.62. The van der Waals surface area contributed by atoms with Gasteiger partial charge in [0.25, 0.3) is 0 Å². The predicted molar refractivity (Wildman–Crippen MR) is 80.6 cm³/mol. The van der Waals surface area contributed by atoms with Crippen molar-refractivity contribution in [2.45, 2.75) is 32.3 Å².